The van der Waals surface area contributed by atoms with E-state index in [2.05, 4.69) is 22.7 Å². The molecule has 1 aliphatic carbocycles. The third-order valence-electron chi connectivity index (χ3n) is 5.03. The highest BCUT2D eigenvalue weighted by Crippen LogP contribution is 2.33. The molecule has 30 heavy (non-hydrogen) atoms. The summed E-state index contributed by atoms with van der Waals surface area (Å²) >= 11 is 0. The van der Waals surface area contributed by atoms with Gasteiger partial charge in [-0.25, -0.2) is 4.79 Å². The molecule has 1 N–H and O–H groups in total. The normalized spacial score (nSPS) is 19.1. The van der Waals surface area contributed by atoms with Crippen LogP contribution in [0, 0.1) is 5.92 Å². The SMILES string of the molecule is CCOCC1CN(Cc2ccco2)Cc2nn(CC3CC3)cc21.O=C(O)C(F)(F)F. The number of carbonyl (C=O) groups is 1. The van der Waals surface area contributed by atoms with Crippen LogP contribution in [0.1, 0.15) is 42.7 Å². The van der Waals surface area contributed by atoms with Gasteiger partial charge in [0.2, 0.25) is 0 Å². The first-order valence-corrected chi connectivity index (χ1v) is 9.95. The standard InChI is InChI=1S/C18H25N3O2.C2HF3O2/c1-2-22-13-15-9-20(10-16-4-3-7-23-16)12-18-17(15)11-21(19-18)8-14-5-6-14;3-2(4,5)1(6)7/h3-4,7,11,14-15H,2,5-6,8-10,12-13H2,1H3;(H,6,7). The maximum Gasteiger partial charge on any atom is 0.490 e. The van der Waals surface area contributed by atoms with E-state index >= 15 is 0 Å². The van der Waals surface area contributed by atoms with E-state index in [1.54, 1.807) is 6.26 Å². The topological polar surface area (TPSA) is 80.7 Å². The van der Waals surface area contributed by atoms with Gasteiger partial charge < -0.3 is 14.3 Å². The maximum absolute atomic E-state index is 10.6. The van der Waals surface area contributed by atoms with E-state index in [1.165, 1.54) is 24.1 Å². The monoisotopic (exact) mass is 429 g/mol. The summed E-state index contributed by atoms with van der Waals surface area (Å²) in [5.74, 6) is -0.490. The second kappa shape index (κ2) is 9.65. The van der Waals surface area contributed by atoms with Crippen molar-refractivity contribution < 1.29 is 32.2 Å². The van der Waals surface area contributed by atoms with Gasteiger partial charge in [0.25, 0.3) is 0 Å². The van der Waals surface area contributed by atoms with Crippen molar-refractivity contribution in [2.24, 2.45) is 5.92 Å². The Morgan fingerprint density at radius 2 is 2.13 bits per heavy atom. The van der Waals surface area contributed by atoms with Crippen molar-refractivity contribution >= 4 is 5.97 Å². The van der Waals surface area contributed by atoms with Gasteiger partial charge in [-0.1, -0.05) is 0 Å². The number of alkyl halides is 3. The average molecular weight is 429 g/mol. The number of carboxylic acid groups (broad SMARTS) is 1. The molecule has 1 atom stereocenters. The lowest BCUT2D eigenvalue weighted by molar-refractivity contribution is -0.192. The Bertz CT molecular complexity index is 816. The number of fused-ring (bicyclic) bond motifs is 1. The molecule has 2 aliphatic rings. The zero-order valence-electron chi connectivity index (χ0n) is 16.8. The molecule has 1 unspecified atom stereocenters. The van der Waals surface area contributed by atoms with Gasteiger partial charge in [-0.3, -0.25) is 9.58 Å². The van der Waals surface area contributed by atoms with Gasteiger partial charge >= 0.3 is 12.1 Å². The number of furan rings is 1. The lowest BCUT2D eigenvalue weighted by atomic mass is 9.95. The number of halogens is 3. The van der Waals surface area contributed by atoms with Gasteiger partial charge in [0.05, 0.1) is 25.1 Å². The average Bonchev–Trinajstić information content (AvgIpc) is 3.16. The Morgan fingerprint density at radius 3 is 2.70 bits per heavy atom. The predicted molar refractivity (Wildman–Crippen MR) is 101 cm³/mol. The van der Waals surface area contributed by atoms with Crippen LogP contribution in [-0.4, -0.2) is 51.7 Å². The molecule has 0 aromatic carbocycles. The van der Waals surface area contributed by atoms with Crippen LogP contribution in [0.2, 0.25) is 0 Å². The fourth-order valence-electron chi connectivity index (χ4n) is 3.43. The van der Waals surface area contributed by atoms with Gasteiger partial charge in [0.15, 0.2) is 0 Å². The second-order valence-corrected chi connectivity index (χ2v) is 7.60. The highest BCUT2D eigenvalue weighted by atomic mass is 19.4. The molecule has 1 aliphatic heterocycles. The van der Waals surface area contributed by atoms with Crippen LogP contribution in [0.5, 0.6) is 0 Å². The summed E-state index contributed by atoms with van der Waals surface area (Å²) in [5.41, 5.74) is 2.60. The molecule has 0 bridgehead atoms. The molecule has 2 aromatic rings. The fourth-order valence-corrected chi connectivity index (χ4v) is 3.43. The molecule has 3 heterocycles. The number of carboxylic acids is 1. The quantitative estimate of drug-likeness (QED) is 0.724. The smallest absolute Gasteiger partial charge is 0.475 e. The summed E-state index contributed by atoms with van der Waals surface area (Å²) in [6.07, 6.45) is 1.64. The lowest BCUT2D eigenvalue weighted by Gasteiger charge is -2.31. The first kappa shape index (κ1) is 22.4. The second-order valence-electron chi connectivity index (χ2n) is 7.60. The van der Waals surface area contributed by atoms with Crippen molar-refractivity contribution in [1.82, 2.24) is 14.7 Å². The first-order chi connectivity index (χ1) is 14.3. The Balaban J connectivity index is 0.000000318. The Kier molecular flexibility index (Phi) is 7.19. The number of ether oxygens (including phenoxy) is 1. The molecule has 0 saturated heterocycles. The minimum Gasteiger partial charge on any atom is -0.475 e. The number of aliphatic carboxylic acids is 1. The van der Waals surface area contributed by atoms with Crippen LogP contribution >= 0.6 is 0 Å². The van der Waals surface area contributed by atoms with Gasteiger partial charge in [0.1, 0.15) is 5.76 Å². The van der Waals surface area contributed by atoms with Gasteiger partial charge in [0, 0.05) is 43.9 Å². The zero-order chi connectivity index (χ0) is 21.7. The van der Waals surface area contributed by atoms with Crippen molar-refractivity contribution in [3.05, 3.63) is 41.6 Å². The maximum atomic E-state index is 10.6. The molecule has 7 nitrogen and oxygen atoms in total. The van der Waals surface area contributed by atoms with E-state index in [-0.39, 0.29) is 0 Å². The van der Waals surface area contributed by atoms with E-state index in [0.717, 1.165) is 51.1 Å². The largest absolute Gasteiger partial charge is 0.490 e. The van der Waals surface area contributed by atoms with E-state index in [1.807, 2.05) is 12.1 Å². The summed E-state index contributed by atoms with van der Waals surface area (Å²) < 4.78 is 45.1. The molecule has 2 aromatic heterocycles. The zero-order valence-corrected chi connectivity index (χ0v) is 16.8. The number of rotatable bonds is 7. The van der Waals surface area contributed by atoms with E-state index in [0.29, 0.717) is 5.92 Å². The summed E-state index contributed by atoms with van der Waals surface area (Å²) in [6.45, 7) is 7.41. The van der Waals surface area contributed by atoms with Crippen molar-refractivity contribution in [3.63, 3.8) is 0 Å². The summed E-state index contributed by atoms with van der Waals surface area (Å²) in [4.78, 5) is 11.3. The highest BCUT2D eigenvalue weighted by Gasteiger charge is 2.38. The Morgan fingerprint density at radius 1 is 1.40 bits per heavy atom. The molecule has 0 radical (unpaired) electrons. The molecule has 166 valence electrons. The minimum atomic E-state index is -5.08. The Hall–Kier alpha value is -2.33. The summed E-state index contributed by atoms with van der Waals surface area (Å²) in [5, 5.41) is 12.0. The number of nitrogens with zero attached hydrogens (tertiary/aromatic N) is 3. The van der Waals surface area contributed by atoms with Gasteiger partial charge in [-0.15, -0.1) is 0 Å². The van der Waals surface area contributed by atoms with Crippen molar-refractivity contribution in [3.8, 4) is 0 Å². The lowest BCUT2D eigenvalue weighted by Crippen LogP contribution is -2.34. The van der Waals surface area contributed by atoms with Crippen molar-refractivity contribution in [2.75, 3.05) is 19.8 Å². The van der Waals surface area contributed by atoms with Crippen LogP contribution in [0.3, 0.4) is 0 Å². The third kappa shape index (κ3) is 6.33. The number of hydrogen-bond acceptors (Lipinski definition) is 5. The third-order valence-corrected chi connectivity index (χ3v) is 5.03. The molecule has 0 spiro atoms. The number of aromatic nitrogens is 2. The molecule has 4 rings (SSSR count). The Labute approximate surface area is 172 Å². The van der Waals surface area contributed by atoms with Crippen LogP contribution in [0.4, 0.5) is 13.2 Å². The molecular formula is C20H26F3N3O4. The summed E-state index contributed by atoms with van der Waals surface area (Å²) in [7, 11) is 0. The van der Waals surface area contributed by atoms with Crippen molar-refractivity contribution in [1.29, 1.82) is 0 Å². The van der Waals surface area contributed by atoms with E-state index in [4.69, 9.17) is 24.2 Å². The van der Waals surface area contributed by atoms with Crippen LogP contribution in [-0.2, 0) is 29.2 Å². The van der Waals surface area contributed by atoms with Crippen LogP contribution < -0.4 is 0 Å². The minimum absolute atomic E-state index is 0.404. The predicted octanol–water partition coefficient (Wildman–Crippen LogP) is 3.66. The molecular weight excluding hydrogens is 403 g/mol. The summed E-state index contributed by atoms with van der Waals surface area (Å²) in [6, 6.07) is 3.99. The van der Waals surface area contributed by atoms with E-state index in [9.17, 15) is 13.2 Å². The van der Waals surface area contributed by atoms with Crippen molar-refractivity contribution in [2.45, 2.75) is 51.5 Å². The first-order valence-electron chi connectivity index (χ1n) is 9.95. The molecule has 10 heteroatoms. The molecule has 0 amide bonds. The number of hydrogen-bond donors (Lipinski definition) is 1. The van der Waals surface area contributed by atoms with E-state index < -0.39 is 12.1 Å². The molecule has 1 fully saturated rings. The fraction of sp³-hybridized carbons (Fsp3) is 0.600. The van der Waals surface area contributed by atoms with Crippen LogP contribution in [0.15, 0.2) is 29.0 Å². The van der Waals surface area contributed by atoms with Gasteiger partial charge in [-0.05, 0) is 37.8 Å². The molecule has 1 saturated carbocycles. The van der Waals surface area contributed by atoms with Gasteiger partial charge in [-0.2, -0.15) is 18.3 Å². The van der Waals surface area contributed by atoms with Crippen LogP contribution in [0.25, 0.3) is 0 Å². The highest BCUT2D eigenvalue weighted by molar-refractivity contribution is 5.73.